The molecule has 2 atom stereocenters. The SMILES string of the molecule is CC(C)(C)NCC1CCC(CN2CCS(=O)CC2)O1. The second kappa shape index (κ2) is 6.66. The molecule has 2 heterocycles. The number of ether oxygens (including phenoxy) is 1. The zero-order chi connectivity index (χ0) is 13.9. The molecule has 0 amide bonds. The molecular weight excluding hydrogens is 260 g/mol. The fourth-order valence-electron chi connectivity index (χ4n) is 2.63. The molecule has 0 bridgehead atoms. The Hall–Kier alpha value is 0.0300. The van der Waals surface area contributed by atoms with Gasteiger partial charge in [-0.3, -0.25) is 9.11 Å². The topological polar surface area (TPSA) is 41.6 Å². The minimum absolute atomic E-state index is 0.165. The van der Waals surface area contributed by atoms with Crippen molar-refractivity contribution in [3.05, 3.63) is 0 Å². The van der Waals surface area contributed by atoms with Crippen LogP contribution in [-0.2, 0) is 15.5 Å². The van der Waals surface area contributed by atoms with Crippen LogP contribution >= 0.6 is 0 Å². The fourth-order valence-corrected chi connectivity index (χ4v) is 3.76. The zero-order valence-electron chi connectivity index (χ0n) is 12.5. The van der Waals surface area contributed by atoms with E-state index in [4.69, 9.17) is 4.74 Å². The molecule has 0 aromatic rings. The van der Waals surface area contributed by atoms with E-state index in [2.05, 4.69) is 31.0 Å². The van der Waals surface area contributed by atoms with Crippen molar-refractivity contribution in [2.24, 2.45) is 0 Å². The largest absolute Gasteiger partial charge is 0.372 e. The Morgan fingerprint density at radius 3 is 2.47 bits per heavy atom. The highest BCUT2D eigenvalue weighted by atomic mass is 32.2. The van der Waals surface area contributed by atoms with Crippen LogP contribution in [0.25, 0.3) is 0 Å². The van der Waals surface area contributed by atoms with Gasteiger partial charge in [0.2, 0.25) is 0 Å². The molecule has 4 nitrogen and oxygen atoms in total. The van der Waals surface area contributed by atoms with Crippen molar-refractivity contribution in [2.45, 2.75) is 51.4 Å². The molecule has 2 fully saturated rings. The Morgan fingerprint density at radius 1 is 1.21 bits per heavy atom. The Balaban J connectivity index is 1.66. The Bertz CT molecular complexity index is 307. The van der Waals surface area contributed by atoms with Crippen LogP contribution in [0.4, 0.5) is 0 Å². The van der Waals surface area contributed by atoms with Gasteiger partial charge in [-0.1, -0.05) is 0 Å². The maximum absolute atomic E-state index is 11.3. The molecule has 5 heteroatoms. The maximum Gasteiger partial charge on any atom is 0.0707 e. The van der Waals surface area contributed by atoms with Gasteiger partial charge in [-0.25, -0.2) is 0 Å². The van der Waals surface area contributed by atoms with E-state index in [1.807, 2.05) is 0 Å². The van der Waals surface area contributed by atoms with E-state index in [0.29, 0.717) is 12.2 Å². The number of nitrogens with one attached hydrogen (secondary N) is 1. The highest BCUT2D eigenvalue weighted by Crippen LogP contribution is 2.21. The third-order valence-electron chi connectivity index (χ3n) is 3.79. The smallest absolute Gasteiger partial charge is 0.0707 e. The first-order valence-corrected chi connectivity index (χ1v) is 8.89. The minimum atomic E-state index is -0.577. The van der Waals surface area contributed by atoms with Gasteiger partial charge in [-0.2, -0.15) is 0 Å². The van der Waals surface area contributed by atoms with Gasteiger partial charge < -0.3 is 10.1 Å². The molecule has 0 radical (unpaired) electrons. The van der Waals surface area contributed by atoms with Crippen LogP contribution < -0.4 is 5.32 Å². The van der Waals surface area contributed by atoms with Crippen LogP contribution in [0.5, 0.6) is 0 Å². The van der Waals surface area contributed by atoms with E-state index in [1.54, 1.807) is 0 Å². The van der Waals surface area contributed by atoms with Crippen LogP contribution in [0.3, 0.4) is 0 Å². The van der Waals surface area contributed by atoms with E-state index >= 15 is 0 Å². The lowest BCUT2D eigenvalue weighted by Gasteiger charge is -2.29. The maximum atomic E-state index is 11.3. The molecule has 2 aliphatic rings. The van der Waals surface area contributed by atoms with Gasteiger partial charge in [-0.15, -0.1) is 0 Å². The van der Waals surface area contributed by atoms with E-state index in [9.17, 15) is 4.21 Å². The monoisotopic (exact) mass is 288 g/mol. The second-order valence-corrected chi connectivity index (χ2v) is 8.43. The molecule has 112 valence electrons. The predicted octanol–water partition coefficient (Wildman–Crippen LogP) is 0.986. The third kappa shape index (κ3) is 5.50. The van der Waals surface area contributed by atoms with Crippen molar-refractivity contribution in [3.8, 4) is 0 Å². The van der Waals surface area contributed by atoms with Gasteiger partial charge >= 0.3 is 0 Å². The third-order valence-corrected chi connectivity index (χ3v) is 5.06. The van der Waals surface area contributed by atoms with Crippen molar-refractivity contribution >= 4 is 10.8 Å². The molecule has 1 N–H and O–H groups in total. The first-order chi connectivity index (χ1) is 8.92. The Morgan fingerprint density at radius 2 is 1.84 bits per heavy atom. The number of rotatable bonds is 4. The van der Waals surface area contributed by atoms with Gasteiger partial charge in [0, 0.05) is 54.0 Å². The van der Waals surface area contributed by atoms with Gasteiger partial charge in [-0.05, 0) is 33.6 Å². The summed E-state index contributed by atoms with van der Waals surface area (Å²) in [7, 11) is -0.577. The highest BCUT2D eigenvalue weighted by molar-refractivity contribution is 7.85. The van der Waals surface area contributed by atoms with E-state index in [-0.39, 0.29) is 5.54 Å². The normalized spacial score (nSPS) is 30.9. The van der Waals surface area contributed by atoms with Crippen molar-refractivity contribution < 1.29 is 8.95 Å². The first-order valence-electron chi connectivity index (χ1n) is 7.40. The summed E-state index contributed by atoms with van der Waals surface area (Å²) in [6.45, 7) is 10.5. The number of hydrogen-bond donors (Lipinski definition) is 1. The molecule has 19 heavy (non-hydrogen) atoms. The molecular formula is C14H28N2O2S. The van der Waals surface area contributed by atoms with Crippen LogP contribution in [0.1, 0.15) is 33.6 Å². The summed E-state index contributed by atoms with van der Waals surface area (Å²) >= 11 is 0. The standard InChI is InChI=1S/C14H28N2O2S/c1-14(2,3)15-10-12-4-5-13(18-12)11-16-6-8-19(17)9-7-16/h12-13,15H,4-11H2,1-3H3. The lowest BCUT2D eigenvalue weighted by Crippen LogP contribution is -2.43. The molecule has 0 aromatic carbocycles. The zero-order valence-corrected chi connectivity index (χ0v) is 13.3. The van der Waals surface area contributed by atoms with Crippen molar-refractivity contribution in [3.63, 3.8) is 0 Å². The second-order valence-electron chi connectivity index (χ2n) is 6.74. The molecule has 2 rings (SSSR count). The minimum Gasteiger partial charge on any atom is -0.372 e. The molecule has 0 spiro atoms. The lowest BCUT2D eigenvalue weighted by molar-refractivity contribution is 0.0224. The fraction of sp³-hybridized carbons (Fsp3) is 1.00. The number of nitrogens with zero attached hydrogens (tertiary/aromatic N) is 1. The van der Waals surface area contributed by atoms with Gasteiger partial charge in [0.15, 0.2) is 0 Å². The van der Waals surface area contributed by atoms with Crippen molar-refractivity contribution in [1.29, 1.82) is 0 Å². The molecule has 2 unspecified atom stereocenters. The quantitative estimate of drug-likeness (QED) is 0.837. The highest BCUT2D eigenvalue weighted by Gasteiger charge is 2.28. The first kappa shape index (κ1) is 15.4. The van der Waals surface area contributed by atoms with Crippen molar-refractivity contribution in [2.75, 3.05) is 37.7 Å². The van der Waals surface area contributed by atoms with Gasteiger partial charge in [0.1, 0.15) is 0 Å². The summed E-state index contributed by atoms with van der Waals surface area (Å²) in [4.78, 5) is 2.41. The van der Waals surface area contributed by atoms with Gasteiger partial charge in [0.25, 0.3) is 0 Å². The van der Waals surface area contributed by atoms with Crippen LogP contribution in [0, 0.1) is 0 Å². The average molecular weight is 288 g/mol. The summed E-state index contributed by atoms with van der Waals surface area (Å²) < 4.78 is 17.4. The number of hydrogen-bond acceptors (Lipinski definition) is 4. The summed E-state index contributed by atoms with van der Waals surface area (Å²) in [6, 6.07) is 0. The van der Waals surface area contributed by atoms with Gasteiger partial charge in [0.05, 0.1) is 12.2 Å². The molecule has 2 saturated heterocycles. The summed E-state index contributed by atoms with van der Waals surface area (Å²) in [5.41, 5.74) is 0.165. The van der Waals surface area contributed by atoms with Crippen LogP contribution in [0.2, 0.25) is 0 Å². The summed E-state index contributed by atoms with van der Waals surface area (Å²) in [6.07, 6.45) is 3.06. The Kier molecular flexibility index (Phi) is 5.40. The molecule has 0 aliphatic carbocycles. The lowest BCUT2D eigenvalue weighted by atomic mass is 10.1. The van der Waals surface area contributed by atoms with Crippen molar-refractivity contribution in [1.82, 2.24) is 10.2 Å². The molecule has 0 saturated carbocycles. The molecule has 2 aliphatic heterocycles. The van der Waals surface area contributed by atoms with E-state index in [0.717, 1.165) is 50.5 Å². The van der Waals surface area contributed by atoms with Crippen LogP contribution in [-0.4, -0.2) is 64.5 Å². The predicted molar refractivity (Wildman–Crippen MR) is 80.0 cm³/mol. The molecule has 0 aromatic heterocycles. The van der Waals surface area contributed by atoms with E-state index < -0.39 is 10.8 Å². The van der Waals surface area contributed by atoms with E-state index in [1.165, 1.54) is 0 Å². The Labute approximate surface area is 119 Å². The summed E-state index contributed by atoms with van der Waals surface area (Å²) in [5.74, 6) is 1.67. The average Bonchev–Trinajstić information content (AvgIpc) is 2.77. The van der Waals surface area contributed by atoms with Crippen LogP contribution in [0.15, 0.2) is 0 Å². The summed E-state index contributed by atoms with van der Waals surface area (Å²) in [5, 5.41) is 3.51.